The SMILES string of the molecule is C[C](C)CCc1ccc([N+](=O)[O-])cc1. The first-order chi connectivity index (χ1) is 6.59. The van der Waals surface area contributed by atoms with Crippen LogP contribution in [-0.4, -0.2) is 4.92 Å². The van der Waals surface area contributed by atoms with Gasteiger partial charge in [0.1, 0.15) is 0 Å². The molecule has 0 aliphatic carbocycles. The summed E-state index contributed by atoms with van der Waals surface area (Å²) in [7, 11) is 0. The van der Waals surface area contributed by atoms with Crippen LogP contribution in [0.5, 0.6) is 0 Å². The van der Waals surface area contributed by atoms with Crippen molar-refractivity contribution in [1.82, 2.24) is 0 Å². The van der Waals surface area contributed by atoms with Crippen molar-refractivity contribution in [3.8, 4) is 0 Å². The van der Waals surface area contributed by atoms with Gasteiger partial charge in [0.15, 0.2) is 0 Å². The molecule has 0 atom stereocenters. The van der Waals surface area contributed by atoms with Gasteiger partial charge in [0.2, 0.25) is 0 Å². The van der Waals surface area contributed by atoms with Crippen LogP contribution in [-0.2, 0) is 6.42 Å². The van der Waals surface area contributed by atoms with Crippen LogP contribution in [0.3, 0.4) is 0 Å². The van der Waals surface area contributed by atoms with E-state index in [2.05, 4.69) is 13.8 Å². The van der Waals surface area contributed by atoms with Gasteiger partial charge in [-0.15, -0.1) is 0 Å². The summed E-state index contributed by atoms with van der Waals surface area (Å²) < 4.78 is 0. The van der Waals surface area contributed by atoms with Gasteiger partial charge in [0.25, 0.3) is 5.69 Å². The molecule has 0 bridgehead atoms. The molecule has 1 rings (SSSR count). The summed E-state index contributed by atoms with van der Waals surface area (Å²) in [6.07, 6.45) is 2.00. The second kappa shape index (κ2) is 4.74. The van der Waals surface area contributed by atoms with Crippen molar-refractivity contribution in [3.05, 3.63) is 45.9 Å². The second-order valence-corrected chi connectivity index (χ2v) is 3.63. The summed E-state index contributed by atoms with van der Waals surface area (Å²) in [5.41, 5.74) is 1.31. The maximum atomic E-state index is 10.4. The average molecular weight is 192 g/mol. The number of nitro benzene ring substituents is 1. The second-order valence-electron chi connectivity index (χ2n) is 3.63. The molecule has 1 aromatic carbocycles. The molecule has 0 saturated heterocycles. The number of rotatable bonds is 4. The Balaban J connectivity index is 2.60. The molecule has 0 saturated carbocycles. The molecule has 0 fully saturated rings. The van der Waals surface area contributed by atoms with Crippen LogP contribution in [0.25, 0.3) is 0 Å². The van der Waals surface area contributed by atoms with Gasteiger partial charge >= 0.3 is 0 Å². The van der Waals surface area contributed by atoms with Crippen LogP contribution in [0.15, 0.2) is 24.3 Å². The van der Waals surface area contributed by atoms with Crippen LogP contribution in [0.4, 0.5) is 5.69 Å². The lowest BCUT2D eigenvalue weighted by Crippen LogP contribution is -1.92. The quantitative estimate of drug-likeness (QED) is 0.543. The molecule has 14 heavy (non-hydrogen) atoms. The largest absolute Gasteiger partial charge is 0.269 e. The Bertz CT molecular complexity index is 304. The van der Waals surface area contributed by atoms with Gasteiger partial charge in [-0.2, -0.15) is 0 Å². The van der Waals surface area contributed by atoms with Crippen molar-refractivity contribution >= 4 is 5.69 Å². The van der Waals surface area contributed by atoms with E-state index in [1.165, 1.54) is 5.92 Å². The lowest BCUT2D eigenvalue weighted by Gasteiger charge is -2.03. The minimum atomic E-state index is -0.374. The number of non-ortho nitro benzene ring substituents is 1. The van der Waals surface area contributed by atoms with E-state index < -0.39 is 0 Å². The number of benzene rings is 1. The van der Waals surface area contributed by atoms with Gasteiger partial charge in [0.05, 0.1) is 4.92 Å². The third-order valence-electron chi connectivity index (χ3n) is 2.06. The fourth-order valence-electron chi connectivity index (χ4n) is 1.18. The van der Waals surface area contributed by atoms with Gasteiger partial charge in [0, 0.05) is 12.1 Å². The van der Waals surface area contributed by atoms with E-state index in [1.807, 2.05) is 12.1 Å². The zero-order valence-corrected chi connectivity index (χ0v) is 8.49. The number of nitro groups is 1. The first-order valence-corrected chi connectivity index (χ1v) is 4.62. The van der Waals surface area contributed by atoms with E-state index in [1.54, 1.807) is 12.1 Å². The Morgan fingerprint density at radius 2 is 1.86 bits per heavy atom. The molecule has 0 spiro atoms. The normalized spacial score (nSPS) is 10.5. The molecule has 0 aromatic heterocycles. The van der Waals surface area contributed by atoms with Gasteiger partial charge in [-0.05, 0) is 24.3 Å². The summed E-state index contributed by atoms with van der Waals surface area (Å²) in [6.45, 7) is 4.18. The smallest absolute Gasteiger partial charge is 0.258 e. The van der Waals surface area contributed by atoms with Crippen molar-refractivity contribution in [2.45, 2.75) is 26.7 Å². The van der Waals surface area contributed by atoms with E-state index in [0.29, 0.717) is 0 Å². The lowest BCUT2D eigenvalue weighted by atomic mass is 10.0. The average Bonchev–Trinajstić information content (AvgIpc) is 2.15. The summed E-state index contributed by atoms with van der Waals surface area (Å²) in [5, 5.41) is 10.4. The van der Waals surface area contributed by atoms with E-state index in [0.717, 1.165) is 18.4 Å². The van der Waals surface area contributed by atoms with E-state index in [9.17, 15) is 10.1 Å². The van der Waals surface area contributed by atoms with Crippen molar-refractivity contribution in [2.24, 2.45) is 0 Å². The highest BCUT2D eigenvalue weighted by Gasteiger charge is 2.04. The maximum Gasteiger partial charge on any atom is 0.269 e. The minimum absolute atomic E-state index is 0.158. The summed E-state index contributed by atoms with van der Waals surface area (Å²) >= 11 is 0. The van der Waals surface area contributed by atoms with E-state index >= 15 is 0 Å². The summed E-state index contributed by atoms with van der Waals surface area (Å²) in [5.74, 6) is 1.38. The molecule has 0 amide bonds. The molecule has 0 aliphatic heterocycles. The number of hydrogen-bond donors (Lipinski definition) is 0. The van der Waals surface area contributed by atoms with Crippen LogP contribution in [0, 0.1) is 16.0 Å². The van der Waals surface area contributed by atoms with Crippen LogP contribution >= 0.6 is 0 Å². The number of hydrogen-bond acceptors (Lipinski definition) is 2. The molecule has 1 aromatic rings. The van der Waals surface area contributed by atoms with Crippen molar-refractivity contribution < 1.29 is 4.92 Å². The highest BCUT2D eigenvalue weighted by Crippen LogP contribution is 2.15. The molecule has 0 unspecified atom stereocenters. The summed E-state index contributed by atoms with van der Waals surface area (Å²) in [4.78, 5) is 10.0. The third-order valence-corrected chi connectivity index (χ3v) is 2.06. The zero-order chi connectivity index (χ0) is 10.6. The summed E-state index contributed by atoms with van der Waals surface area (Å²) in [6, 6.07) is 6.75. The molecule has 75 valence electrons. The van der Waals surface area contributed by atoms with Gasteiger partial charge < -0.3 is 0 Å². The van der Waals surface area contributed by atoms with Crippen molar-refractivity contribution in [3.63, 3.8) is 0 Å². The van der Waals surface area contributed by atoms with Crippen LogP contribution < -0.4 is 0 Å². The number of nitrogens with zero attached hydrogens (tertiary/aromatic N) is 1. The molecule has 1 radical (unpaired) electrons. The van der Waals surface area contributed by atoms with Crippen molar-refractivity contribution in [1.29, 1.82) is 0 Å². The first kappa shape index (κ1) is 10.7. The van der Waals surface area contributed by atoms with Gasteiger partial charge in [-0.25, -0.2) is 0 Å². The topological polar surface area (TPSA) is 43.1 Å². The fraction of sp³-hybridized carbons (Fsp3) is 0.364. The third kappa shape index (κ3) is 3.17. The Morgan fingerprint density at radius 3 is 2.29 bits per heavy atom. The molecular formula is C11H14NO2. The zero-order valence-electron chi connectivity index (χ0n) is 8.49. The van der Waals surface area contributed by atoms with Gasteiger partial charge in [-0.3, -0.25) is 10.1 Å². The highest BCUT2D eigenvalue weighted by molar-refractivity contribution is 5.32. The Hall–Kier alpha value is -1.38. The highest BCUT2D eigenvalue weighted by atomic mass is 16.6. The molecule has 0 aliphatic rings. The van der Waals surface area contributed by atoms with E-state index in [4.69, 9.17) is 0 Å². The maximum absolute atomic E-state index is 10.4. The molecule has 3 heteroatoms. The Labute approximate surface area is 83.9 Å². The molecule has 0 N–H and O–H groups in total. The first-order valence-electron chi connectivity index (χ1n) is 4.62. The molecule has 0 heterocycles. The standard InChI is InChI=1S/C11H14NO2/c1-9(2)3-4-10-5-7-11(8-6-10)12(13)14/h5-8H,3-4H2,1-2H3. The fourth-order valence-corrected chi connectivity index (χ4v) is 1.18. The molecular weight excluding hydrogens is 178 g/mol. The van der Waals surface area contributed by atoms with Crippen LogP contribution in [0.1, 0.15) is 25.8 Å². The van der Waals surface area contributed by atoms with Crippen molar-refractivity contribution in [2.75, 3.05) is 0 Å². The lowest BCUT2D eigenvalue weighted by molar-refractivity contribution is -0.384. The number of aryl methyl sites for hydroxylation is 1. The predicted molar refractivity (Wildman–Crippen MR) is 56.0 cm³/mol. The minimum Gasteiger partial charge on any atom is -0.258 e. The predicted octanol–water partition coefficient (Wildman–Crippen LogP) is 3.14. The Morgan fingerprint density at radius 1 is 1.29 bits per heavy atom. The van der Waals surface area contributed by atoms with Crippen LogP contribution in [0.2, 0.25) is 0 Å². The molecule has 3 nitrogen and oxygen atoms in total. The monoisotopic (exact) mass is 192 g/mol. The Kier molecular flexibility index (Phi) is 3.63. The van der Waals surface area contributed by atoms with Gasteiger partial charge in [-0.1, -0.05) is 26.0 Å². The van der Waals surface area contributed by atoms with E-state index in [-0.39, 0.29) is 10.6 Å².